The Labute approximate surface area is 153 Å². The van der Waals surface area contributed by atoms with Gasteiger partial charge in [0.15, 0.2) is 6.29 Å². The van der Waals surface area contributed by atoms with Crippen molar-refractivity contribution in [3.05, 3.63) is 77.1 Å². The van der Waals surface area contributed by atoms with E-state index < -0.39 is 0 Å². The average Bonchev–Trinajstić information content (AvgIpc) is 3.35. The summed E-state index contributed by atoms with van der Waals surface area (Å²) in [6, 6.07) is 14.4. The molecule has 4 aromatic rings. The van der Waals surface area contributed by atoms with Crippen LogP contribution in [0.25, 0.3) is 23.2 Å². The minimum atomic E-state index is -0.244. The maximum Gasteiger partial charge on any atom is 0.255 e. The fourth-order valence-electron chi connectivity index (χ4n) is 2.60. The summed E-state index contributed by atoms with van der Waals surface area (Å²) < 4.78 is 4.69. The third kappa shape index (κ3) is 3.67. The summed E-state index contributed by atoms with van der Waals surface area (Å²) in [5.74, 6) is -0.244. The van der Waals surface area contributed by atoms with Gasteiger partial charge in [0.25, 0.3) is 5.91 Å². The van der Waals surface area contributed by atoms with Crippen molar-refractivity contribution < 1.29 is 14.2 Å². The lowest BCUT2D eigenvalue weighted by atomic mass is 10.1. The number of rotatable bonds is 5. The second-order valence-corrected chi connectivity index (χ2v) is 5.88. The molecule has 0 saturated heterocycles. The highest BCUT2D eigenvalue weighted by Crippen LogP contribution is 2.16. The lowest BCUT2D eigenvalue weighted by molar-refractivity contribution is 0.102. The summed E-state index contributed by atoms with van der Waals surface area (Å²) in [6.45, 7) is 0. The van der Waals surface area contributed by atoms with Crippen molar-refractivity contribution in [3.8, 4) is 0 Å². The summed E-state index contributed by atoms with van der Waals surface area (Å²) in [5.41, 5.74) is 4.82. The molecule has 0 radical (unpaired) electrons. The topological polar surface area (TPSA) is 101 Å². The summed E-state index contributed by atoms with van der Waals surface area (Å²) in [6.07, 6.45) is 6.15. The van der Waals surface area contributed by atoms with E-state index in [1.54, 1.807) is 24.4 Å². The molecule has 132 valence electrons. The zero-order chi connectivity index (χ0) is 18.6. The molecule has 0 bridgehead atoms. The maximum atomic E-state index is 12.2. The first-order chi connectivity index (χ1) is 13.2. The van der Waals surface area contributed by atoms with Gasteiger partial charge in [-0.05, 0) is 51.8 Å². The number of carbonyl (C=O) groups excluding carboxylic acids is 2. The molecule has 27 heavy (non-hydrogen) atoms. The fourth-order valence-corrected chi connectivity index (χ4v) is 2.60. The Morgan fingerprint density at radius 2 is 1.70 bits per heavy atom. The number of H-pyrrole nitrogens is 1. The molecule has 0 unspecified atom stereocenters. The molecule has 4 rings (SSSR count). The summed E-state index contributed by atoms with van der Waals surface area (Å²) in [5, 5.41) is 10.3. The number of carbonyl (C=O) groups is 2. The summed E-state index contributed by atoms with van der Waals surface area (Å²) in [7, 11) is 0. The van der Waals surface area contributed by atoms with Crippen LogP contribution < -0.4 is 5.32 Å². The minimum absolute atomic E-state index is 0.244. The van der Waals surface area contributed by atoms with E-state index >= 15 is 0 Å². The van der Waals surface area contributed by atoms with Gasteiger partial charge in [0.2, 0.25) is 0 Å². The monoisotopic (exact) mass is 358 g/mol. The number of nitrogens with one attached hydrogen (secondary N) is 2. The molecule has 0 fully saturated rings. The van der Waals surface area contributed by atoms with E-state index in [1.165, 1.54) is 0 Å². The average molecular weight is 358 g/mol. The molecule has 2 N–H and O–H groups in total. The Balaban J connectivity index is 1.44. The van der Waals surface area contributed by atoms with E-state index in [4.69, 9.17) is 0 Å². The number of anilines is 1. The van der Waals surface area contributed by atoms with Gasteiger partial charge >= 0.3 is 0 Å². The molecule has 7 heteroatoms. The molecule has 0 aliphatic heterocycles. The van der Waals surface area contributed by atoms with Gasteiger partial charge in [-0.15, -0.1) is 0 Å². The SMILES string of the molecule is O=Cc1cc(NC(=O)c2ccc(/C=C/c3ccc4nonc4c3)cc2)c[nH]1. The standard InChI is InChI=1S/C20H14N4O3/c25-12-17-10-16(11-21-17)22-20(26)15-6-3-13(4-7-15)1-2-14-5-8-18-19(9-14)24-27-23-18/h1-12,21H,(H,22,26)/b2-1+. The number of hydrogen-bond donors (Lipinski definition) is 2. The molecule has 2 aromatic carbocycles. The molecule has 0 aliphatic carbocycles. The maximum absolute atomic E-state index is 12.2. The number of benzene rings is 2. The summed E-state index contributed by atoms with van der Waals surface area (Å²) in [4.78, 5) is 25.7. The zero-order valence-electron chi connectivity index (χ0n) is 14.0. The Hall–Kier alpha value is -4.00. The molecule has 2 aromatic heterocycles. The number of fused-ring (bicyclic) bond motifs is 1. The largest absolute Gasteiger partial charge is 0.357 e. The lowest BCUT2D eigenvalue weighted by Gasteiger charge is -2.03. The first-order valence-electron chi connectivity index (χ1n) is 8.17. The van der Waals surface area contributed by atoms with Crippen molar-refractivity contribution in [2.75, 3.05) is 5.32 Å². The normalized spacial score (nSPS) is 11.1. The zero-order valence-corrected chi connectivity index (χ0v) is 14.0. The number of aromatic nitrogens is 3. The molecular weight excluding hydrogens is 344 g/mol. The van der Waals surface area contributed by atoms with Gasteiger partial charge < -0.3 is 10.3 Å². The predicted molar refractivity (Wildman–Crippen MR) is 101 cm³/mol. The van der Waals surface area contributed by atoms with Crippen LogP contribution in [-0.2, 0) is 0 Å². The molecule has 7 nitrogen and oxygen atoms in total. The van der Waals surface area contributed by atoms with Crippen LogP contribution in [-0.4, -0.2) is 27.5 Å². The van der Waals surface area contributed by atoms with E-state index in [-0.39, 0.29) is 5.91 Å². The van der Waals surface area contributed by atoms with Crippen LogP contribution in [0, 0.1) is 0 Å². The Morgan fingerprint density at radius 1 is 0.963 bits per heavy atom. The van der Waals surface area contributed by atoms with Gasteiger partial charge in [-0.3, -0.25) is 9.59 Å². The van der Waals surface area contributed by atoms with Crippen LogP contribution >= 0.6 is 0 Å². The lowest BCUT2D eigenvalue weighted by Crippen LogP contribution is -2.11. The second kappa shape index (κ2) is 7.09. The quantitative estimate of drug-likeness (QED) is 0.417. The van der Waals surface area contributed by atoms with Crippen LogP contribution in [0.2, 0.25) is 0 Å². The van der Waals surface area contributed by atoms with Crippen LogP contribution in [0.1, 0.15) is 32.0 Å². The molecule has 0 atom stereocenters. The third-order valence-corrected chi connectivity index (χ3v) is 4.01. The number of nitrogens with zero attached hydrogens (tertiary/aromatic N) is 2. The molecular formula is C20H14N4O3. The van der Waals surface area contributed by atoms with Crippen molar-refractivity contribution in [2.24, 2.45) is 0 Å². The van der Waals surface area contributed by atoms with Crippen molar-refractivity contribution in [1.29, 1.82) is 0 Å². The highest BCUT2D eigenvalue weighted by molar-refractivity contribution is 6.04. The van der Waals surface area contributed by atoms with Crippen LogP contribution in [0.4, 0.5) is 5.69 Å². The van der Waals surface area contributed by atoms with Crippen LogP contribution in [0.3, 0.4) is 0 Å². The Bertz CT molecular complexity index is 1140. The van der Waals surface area contributed by atoms with Crippen LogP contribution in [0.15, 0.2) is 59.4 Å². The number of aromatic amines is 1. The fraction of sp³-hybridized carbons (Fsp3) is 0. The molecule has 1 amide bonds. The molecule has 0 aliphatic rings. The van der Waals surface area contributed by atoms with Crippen LogP contribution in [0.5, 0.6) is 0 Å². The van der Waals surface area contributed by atoms with Gasteiger partial charge in [0, 0.05) is 11.8 Å². The van der Waals surface area contributed by atoms with Crippen molar-refractivity contribution in [2.45, 2.75) is 0 Å². The number of hydrogen-bond acceptors (Lipinski definition) is 5. The number of aldehydes is 1. The molecule has 0 spiro atoms. The van der Waals surface area contributed by atoms with E-state index in [9.17, 15) is 9.59 Å². The smallest absolute Gasteiger partial charge is 0.255 e. The van der Waals surface area contributed by atoms with E-state index in [0.29, 0.717) is 34.3 Å². The number of amides is 1. The second-order valence-electron chi connectivity index (χ2n) is 5.88. The van der Waals surface area contributed by atoms with E-state index in [1.807, 2.05) is 42.5 Å². The predicted octanol–water partition coefficient (Wildman–Crippen LogP) is 3.79. The first kappa shape index (κ1) is 16.5. The highest BCUT2D eigenvalue weighted by atomic mass is 16.6. The van der Waals surface area contributed by atoms with Crippen molar-refractivity contribution in [3.63, 3.8) is 0 Å². The van der Waals surface area contributed by atoms with Gasteiger partial charge in [-0.2, -0.15) is 0 Å². The van der Waals surface area contributed by atoms with E-state index in [2.05, 4.69) is 25.2 Å². The van der Waals surface area contributed by atoms with Crippen molar-refractivity contribution in [1.82, 2.24) is 15.3 Å². The third-order valence-electron chi connectivity index (χ3n) is 4.01. The van der Waals surface area contributed by atoms with Gasteiger partial charge in [-0.25, -0.2) is 4.63 Å². The van der Waals surface area contributed by atoms with Gasteiger partial charge in [-0.1, -0.05) is 30.4 Å². The summed E-state index contributed by atoms with van der Waals surface area (Å²) >= 11 is 0. The first-order valence-corrected chi connectivity index (χ1v) is 8.17. The molecule has 0 saturated carbocycles. The van der Waals surface area contributed by atoms with Crippen molar-refractivity contribution >= 4 is 41.1 Å². The highest BCUT2D eigenvalue weighted by Gasteiger charge is 2.07. The minimum Gasteiger partial charge on any atom is -0.357 e. The van der Waals surface area contributed by atoms with Gasteiger partial charge in [0.1, 0.15) is 11.0 Å². The Kier molecular flexibility index (Phi) is 4.32. The van der Waals surface area contributed by atoms with Gasteiger partial charge in [0.05, 0.1) is 11.4 Å². The van der Waals surface area contributed by atoms with E-state index in [0.717, 1.165) is 11.1 Å². The molecule has 2 heterocycles. The Morgan fingerprint density at radius 3 is 2.48 bits per heavy atom.